The molecule has 4 heteroatoms. The molecular weight excluding hydrogens is 324 g/mol. The molecule has 1 rings (SSSR count). The van der Waals surface area contributed by atoms with Crippen molar-refractivity contribution in [3.8, 4) is 5.75 Å². The summed E-state index contributed by atoms with van der Waals surface area (Å²) < 4.78 is 6.78. The Labute approximate surface area is 111 Å². The molecule has 0 aromatic heterocycles. The molecule has 0 saturated heterocycles. The van der Waals surface area contributed by atoms with Crippen molar-refractivity contribution in [3.63, 3.8) is 0 Å². The number of hydrogen-bond acceptors (Lipinski definition) is 2. The van der Waals surface area contributed by atoms with Crippen LogP contribution in [0, 0.1) is 9.49 Å². The van der Waals surface area contributed by atoms with Crippen LogP contribution in [0.5, 0.6) is 5.75 Å². The molecule has 0 aliphatic heterocycles. The summed E-state index contributed by atoms with van der Waals surface area (Å²) >= 11 is 2.28. The molecule has 0 aliphatic rings. The number of benzene rings is 1. The molecule has 0 radical (unpaired) electrons. The van der Waals surface area contributed by atoms with Crippen LogP contribution in [0.3, 0.4) is 0 Å². The number of nitrogens with two attached hydrogens (primary N) is 1. The van der Waals surface area contributed by atoms with Crippen molar-refractivity contribution in [2.45, 2.75) is 20.4 Å². The SMILES string of the molecule is CC(C)COc1ccc(CN)cc1I.Cl. The standard InChI is InChI=1S/C11H16INO.ClH/c1-8(2)7-14-11-4-3-9(6-13)5-10(11)12;/h3-5,8H,6-7,13H2,1-2H3;1H. The van der Waals surface area contributed by atoms with E-state index in [-0.39, 0.29) is 12.4 Å². The van der Waals surface area contributed by atoms with Gasteiger partial charge in [0.25, 0.3) is 0 Å². The van der Waals surface area contributed by atoms with Gasteiger partial charge in [0.1, 0.15) is 5.75 Å². The summed E-state index contributed by atoms with van der Waals surface area (Å²) in [5, 5.41) is 0. The highest BCUT2D eigenvalue weighted by atomic mass is 127. The second-order valence-corrected chi connectivity index (χ2v) is 4.84. The van der Waals surface area contributed by atoms with Crippen molar-refractivity contribution in [1.29, 1.82) is 0 Å². The number of hydrogen-bond donors (Lipinski definition) is 1. The van der Waals surface area contributed by atoms with Gasteiger partial charge in [0.15, 0.2) is 0 Å². The van der Waals surface area contributed by atoms with Crippen molar-refractivity contribution >= 4 is 35.0 Å². The van der Waals surface area contributed by atoms with E-state index in [9.17, 15) is 0 Å². The van der Waals surface area contributed by atoms with Crippen molar-refractivity contribution < 1.29 is 4.74 Å². The minimum atomic E-state index is 0. The zero-order valence-corrected chi connectivity index (χ0v) is 12.0. The van der Waals surface area contributed by atoms with E-state index >= 15 is 0 Å². The van der Waals surface area contributed by atoms with Crippen molar-refractivity contribution in [2.75, 3.05) is 6.61 Å². The maximum absolute atomic E-state index is 5.65. The molecule has 0 unspecified atom stereocenters. The lowest BCUT2D eigenvalue weighted by atomic mass is 10.2. The predicted molar refractivity (Wildman–Crippen MR) is 74.6 cm³/mol. The Morgan fingerprint density at radius 2 is 2.07 bits per heavy atom. The molecule has 2 N–H and O–H groups in total. The van der Waals surface area contributed by atoms with Gasteiger partial charge in [-0.25, -0.2) is 0 Å². The summed E-state index contributed by atoms with van der Waals surface area (Å²) in [6.07, 6.45) is 0. The lowest BCUT2D eigenvalue weighted by Crippen LogP contribution is -2.06. The molecule has 0 atom stereocenters. The molecule has 0 aliphatic carbocycles. The van der Waals surface area contributed by atoms with Crippen LogP contribution in [0.1, 0.15) is 19.4 Å². The van der Waals surface area contributed by atoms with Crippen molar-refractivity contribution in [3.05, 3.63) is 27.3 Å². The van der Waals surface area contributed by atoms with E-state index < -0.39 is 0 Å². The first-order valence-corrected chi connectivity index (χ1v) is 5.82. The number of halogens is 2. The molecule has 0 heterocycles. The van der Waals surface area contributed by atoms with Crippen molar-refractivity contribution in [2.24, 2.45) is 11.7 Å². The minimum absolute atomic E-state index is 0. The highest BCUT2D eigenvalue weighted by Gasteiger charge is 2.02. The maximum atomic E-state index is 5.65. The fourth-order valence-electron chi connectivity index (χ4n) is 1.04. The first-order chi connectivity index (χ1) is 6.63. The first kappa shape index (κ1) is 15.0. The summed E-state index contributed by atoms with van der Waals surface area (Å²) in [5.41, 5.74) is 6.69. The Morgan fingerprint density at radius 1 is 1.40 bits per heavy atom. The molecule has 0 fully saturated rings. The van der Waals surface area contributed by atoms with Gasteiger partial charge in [-0.3, -0.25) is 0 Å². The van der Waals surface area contributed by atoms with E-state index in [1.165, 1.54) is 0 Å². The summed E-state index contributed by atoms with van der Waals surface area (Å²) in [6, 6.07) is 6.07. The molecular formula is C11H17ClINO. The van der Waals surface area contributed by atoms with Gasteiger partial charge >= 0.3 is 0 Å². The Hall–Kier alpha value is -0.0000000000000000555. The van der Waals surface area contributed by atoms with E-state index in [4.69, 9.17) is 10.5 Å². The average Bonchev–Trinajstić information content (AvgIpc) is 2.15. The summed E-state index contributed by atoms with van der Waals surface area (Å²) in [5.74, 6) is 1.51. The topological polar surface area (TPSA) is 35.2 Å². The van der Waals surface area contributed by atoms with E-state index in [1.807, 2.05) is 12.1 Å². The highest BCUT2D eigenvalue weighted by Crippen LogP contribution is 2.22. The molecule has 2 nitrogen and oxygen atoms in total. The molecule has 0 spiro atoms. The van der Waals surface area contributed by atoms with E-state index in [0.717, 1.165) is 21.5 Å². The molecule has 0 saturated carbocycles. The smallest absolute Gasteiger partial charge is 0.132 e. The van der Waals surface area contributed by atoms with Crippen LogP contribution in [0.15, 0.2) is 18.2 Å². The Kier molecular flexibility index (Phi) is 7.30. The second-order valence-electron chi connectivity index (χ2n) is 3.67. The van der Waals surface area contributed by atoms with Gasteiger partial charge in [-0.15, -0.1) is 12.4 Å². The van der Waals surface area contributed by atoms with Gasteiger partial charge in [-0.05, 0) is 46.2 Å². The first-order valence-electron chi connectivity index (χ1n) is 4.74. The van der Waals surface area contributed by atoms with E-state index in [2.05, 4.69) is 42.5 Å². The fraction of sp³-hybridized carbons (Fsp3) is 0.455. The third kappa shape index (κ3) is 5.04. The average molecular weight is 342 g/mol. The fourth-order valence-corrected chi connectivity index (χ4v) is 1.78. The normalized spacial score (nSPS) is 9.93. The minimum Gasteiger partial charge on any atom is -0.492 e. The third-order valence-electron chi connectivity index (χ3n) is 1.80. The number of ether oxygens (including phenoxy) is 1. The molecule has 1 aromatic rings. The Morgan fingerprint density at radius 3 is 2.53 bits per heavy atom. The van der Waals surface area contributed by atoms with Gasteiger partial charge in [0, 0.05) is 6.54 Å². The molecule has 1 aromatic carbocycles. The molecule has 86 valence electrons. The second kappa shape index (κ2) is 7.30. The summed E-state index contributed by atoms with van der Waals surface area (Å²) in [4.78, 5) is 0. The van der Waals surface area contributed by atoms with Crippen LogP contribution >= 0.6 is 35.0 Å². The van der Waals surface area contributed by atoms with Gasteiger partial charge in [0.2, 0.25) is 0 Å². The van der Waals surface area contributed by atoms with Gasteiger partial charge < -0.3 is 10.5 Å². The zero-order chi connectivity index (χ0) is 10.6. The molecule has 0 amide bonds. The van der Waals surface area contributed by atoms with Crippen LogP contribution in [0.2, 0.25) is 0 Å². The van der Waals surface area contributed by atoms with E-state index in [0.29, 0.717) is 12.5 Å². The predicted octanol–water partition coefficient (Wildman–Crippen LogP) is 3.21. The molecule has 15 heavy (non-hydrogen) atoms. The largest absolute Gasteiger partial charge is 0.492 e. The van der Waals surface area contributed by atoms with Gasteiger partial charge in [-0.2, -0.15) is 0 Å². The Bertz CT molecular complexity index is 305. The van der Waals surface area contributed by atoms with Crippen LogP contribution in [0.4, 0.5) is 0 Å². The summed E-state index contributed by atoms with van der Waals surface area (Å²) in [7, 11) is 0. The van der Waals surface area contributed by atoms with Crippen LogP contribution in [0.25, 0.3) is 0 Å². The van der Waals surface area contributed by atoms with Gasteiger partial charge in [-0.1, -0.05) is 19.9 Å². The quantitative estimate of drug-likeness (QED) is 0.854. The monoisotopic (exact) mass is 341 g/mol. The maximum Gasteiger partial charge on any atom is 0.132 e. The van der Waals surface area contributed by atoms with Crippen molar-refractivity contribution in [1.82, 2.24) is 0 Å². The van der Waals surface area contributed by atoms with Crippen LogP contribution in [-0.2, 0) is 6.54 Å². The zero-order valence-electron chi connectivity index (χ0n) is 9.00. The van der Waals surface area contributed by atoms with E-state index in [1.54, 1.807) is 0 Å². The van der Waals surface area contributed by atoms with Crippen LogP contribution < -0.4 is 10.5 Å². The number of rotatable bonds is 4. The summed E-state index contributed by atoms with van der Waals surface area (Å²) in [6.45, 7) is 5.63. The lowest BCUT2D eigenvalue weighted by Gasteiger charge is -2.10. The highest BCUT2D eigenvalue weighted by molar-refractivity contribution is 14.1. The third-order valence-corrected chi connectivity index (χ3v) is 2.65. The lowest BCUT2D eigenvalue weighted by molar-refractivity contribution is 0.269. The molecule has 0 bridgehead atoms. The van der Waals surface area contributed by atoms with Crippen LogP contribution in [-0.4, -0.2) is 6.61 Å². The Balaban J connectivity index is 0.00000196. The van der Waals surface area contributed by atoms with Gasteiger partial charge in [0.05, 0.1) is 10.2 Å².